The van der Waals surface area contributed by atoms with Crippen molar-refractivity contribution >= 4 is 55.5 Å². The highest BCUT2D eigenvalue weighted by Gasteiger charge is 2.20. The molecule has 0 aliphatic rings. The van der Waals surface area contributed by atoms with E-state index in [-0.39, 0.29) is 17.7 Å². The number of thiazole rings is 2. The van der Waals surface area contributed by atoms with Crippen molar-refractivity contribution in [2.75, 3.05) is 10.6 Å². The molecule has 0 saturated heterocycles. The molecule has 0 fully saturated rings. The van der Waals surface area contributed by atoms with E-state index in [1.54, 1.807) is 17.0 Å². The molecule has 8 heteroatoms. The van der Waals surface area contributed by atoms with Crippen LogP contribution < -0.4 is 10.6 Å². The molecule has 6 nitrogen and oxygen atoms in total. The van der Waals surface area contributed by atoms with Crippen LogP contribution in [-0.2, 0) is 4.79 Å². The number of nitrogens with zero attached hydrogens (tertiary/aromatic N) is 2. The molecule has 146 valence electrons. The van der Waals surface area contributed by atoms with E-state index in [0.717, 1.165) is 15.8 Å². The second-order valence-corrected chi connectivity index (χ2v) is 8.14. The molecule has 0 aliphatic heterocycles. The normalized spacial score (nSPS) is 11.9. The summed E-state index contributed by atoms with van der Waals surface area (Å²) in [7, 11) is 0. The molecule has 0 unspecified atom stereocenters. The number of aromatic nitrogens is 2. The van der Waals surface area contributed by atoms with E-state index in [9.17, 15) is 9.59 Å². The summed E-state index contributed by atoms with van der Waals surface area (Å²) in [6.07, 6.45) is 0.702. The number of fused-ring (bicyclic) bond motifs is 1. The van der Waals surface area contributed by atoms with E-state index in [4.69, 9.17) is 0 Å². The van der Waals surface area contributed by atoms with Crippen LogP contribution in [0.1, 0.15) is 35.3 Å². The van der Waals surface area contributed by atoms with Crippen molar-refractivity contribution in [1.29, 1.82) is 0 Å². The highest BCUT2D eigenvalue weighted by Crippen LogP contribution is 2.30. The molecule has 0 aliphatic carbocycles. The zero-order chi connectivity index (χ0) is 20.2. The summed E-state index contributed by atoms with van der Waals surface area (Å²) in [5.74, 6) is -0.553. The number of carbonyl (C=O) groups is 2. The molecular formula is C21H18N4O2S2. The smallest absolute Gasteiger partial charge is 0.275 e. The van der Waals surface area contributed by atoms with Crippen molar-refractivity contribution in [2.45, 2.75) is 19.3 Å². The molecule has 4 aromatic rings. The van der Waals surface area contributed by atoms with Gasteiger partial charge in [0.25, 0.3) is 5.91 Å². The van der Waals surface area contributed by atoms with Crippen molar-refractivity contribution < 1.29 is 9.59 Å². The van der Waals surface area contributed by atoms with Gasteiger partial charge in [-0.15, -0.1) is 11.3 Å². The minimum atomic E-state index is -0.253. The first-order valence-corrected chi connectivity index (χ1v) is 10.9. The quantitative estimate of drug-likeness (QED) is 0.451. The Morgan fingerprint density at radius 1 is 1.10 bits per heavy atom. The molecule has 0 bridgehead atoms. The van der Waals surface area contributed by atoms with Gasteiger partial charge in [-0.25, -0.2) is 9.97 Å². The van der Waals surface area contributed by atoms with Gasteiger partial charge in [-0.05, 0) is 30.2 Å². The van der Waals surface area contributed by atoms with E-state index in [2.05, 4.69) is 20.6 Å². The zero-order valence-electron chi connectivity index (χ0n) is 15.6. The van der Waals surface area contributed by atoms with Gasteiger partial charge in [0.15, 0.2) is 5.13 Å². The highest BCUT2D eigenvalue weighted by molar-refractivity contribution is 7.22. The lowest BCUT2D eigenvalue weighted by Crippen LogP contribution is -2.20. The minimum Gasteiger partial charge on any atom is -0.321 e. The molecule has 1 atom stereocenters. The molecule has 0 radical (unpaired) electrons. The zero-order valence-corrected chi connectivity index (χ0v) is 17.2. The summed E-state index contributed by atoms with van der Waals surface area (Å²) in [6.45, 7) is 1.99. The van der Waals surface area contributed by atoms with Crippen LogP contribution in [0.2, 0.25) is 0 Å². The molecule has 29 heavy (non-hydrogen) atoms. The fourth-order valence-corrected chi connectivity index (χ4v) is 4.47. The lowest BCUT2D eigenvalue weighted by Gasteiger charge is -2.13. The summed E-state index contributed by atoms with van der Waals surface area (Å²) in [5, 5.41) is 8.01. The number of hydrogen-bond acceptors (Lipinski definition) is 6. The van der Waals surface area contributed by atoms with Gasteiger partial charge in [-0.1, -0.05) is 48.6 Å². The largest absolute Gasteiger partial charge is 0.321 e. The first kappa shape index (κ1) is 19.2. The Bertz CT molecular complexity index is 1140. The Labute approximate surface area is 175 Å². The topological polar surface area (TPSA) is 84.0 Å². The Kier molecular flexibility index (Phi) is 5.64. The lowest BCUT2D eigenvalue weighted by molar-refractivity contribution is -0.117. The Morgan fingerprint density at radius 2 is 1.93 bits per heavy atom. The predicted octanol–water partition coefficient (Wildman–Crippen LogP) is 5.14. The second-order valence-electron chi connectivity index (χ2n) is 6.39. The number of carbonyl (C=O) groups excluding carboxylic acids is 2. The van der Waals surface area contributed by atoms with Crippen LogP contribution in [0.5, 0.6) is 0 Å². The van der Waals surface area contributed by atoms with Crippen molar-refractivity contribution in [2.24, 2.45) is 0 Å². The maximum Gasteiger partial charge on any atom is 0.275 e. The van der Waals surface area contributed by atoms with Gasteiger partial charge in [-0.3, -0.25) is 9.59 Å². The number of amides is 2. The van der Waals surface area contributed by atoms with Gasteiger partial charge >= 0.3 is 0 Å². The molecule has 2 aromatic carbocycles. The molecule has 0 spiro atoms. The third-order valence-corrected chi connectivity index (χ3v) is 5.99. The molecule has 0 saturated carbocycles. The van der Waals surface area contributed by atoms with E-state index in [0.29, 0.717) is 22.9 Å². The molecule has 2 heterocycles. The van der Waals surface area contributed by atoms with E-state index >= 15 is 0 Å². The van der Waals surface area contributed by atoms with Gasteiger partial charge in [0.1, 0.15) is 5.69 Å². The molecule has 4 rings (SSSR count). The first-order valence-electron chi connectivity index (χ1n) is 9.10. The monoisotopic (exact) mass is 422 g/mol. The maximum absolute atomic E-state index is 12.8. The number of hydrogen-bond donors (Lipinski definition) is 2. The van der Waals surface area contributed by atoms with Crippen LogP contribution >= 0.6 is 22.7 Å². The highest BCUT2D eigenvalue weighted by atomic mass is 32.1. The van der Waals surface area contributed by atoms with E-state index < -0.39 is 0 Å². The third kappa shape index (κ3) is 4.33. The van der Waals surface area contributed by atoms with Crippen molar-refractivity contribution in [3.8, 4) is 0 Å². The van der Waals surface area contributed by atoms with Crippen LogP contribution in [0, 0.1) is 0 Å². The van der Waals surface area contributed by atoms with Gasteiger partial charge in [0.2, 0.25) is 5.91 Å². The van der Waals surface area contributed by atoms with E-state index in [1.165, 1.54) is 22.7 Å². The lowest BCUT2D eigenvalue weighted by atomic mass is 9.96. The van der Waals surface area contributed by atoms with Crippen LogP contribution in [0.25, 0.3) is 10.2 Å². The molecule has 2 N–H and O–H groups in total. The van der Waals surface area contributed by atoms with Gasteiger partial charge in [0.05, 0.1) is 21.6 Å². The van der Waals surface area contributed by atoms with Crippen molar-refractivity contribution in [3.63, 3.8) is 0 Å². The molecule has 2 amide bonds. The number of benzene rings is 2. The number of nitrogens with one attached hydrogen (secondary N) is 2. The van der Waals surface area contributed by atoms with E-state index in [1.807, 2.05) is 49.4 Å². The van der Waals surface area contributed by atoms with Crippen LogP contribution in [-0.4, -0.2) is 21.8 Å². The summed E-state index contributed by atoms with van der Waals surface area (Å²) >= 11 is 2.75. The fraction of sp³-hybridized carbons (Fsp3) is 0.143. The van der Waals surface area contributed by atoms with Crippen LogP contribution in [0.4, 0.5) is 10.8 Å². The minimum absolute atomic E-state index is 0.0742. The average Bonchev–Trinajstić information content (AvgIpc) is 3.38. The van der Waals surface area contributed by atoms with Crippen LogP contribution in [0.3, 0.4) is 0 Å². The fourth-order valence-electron chi connectivity index (χ4n) is 3.03. The van der Waals surface area contributed by atoms with Gasteiger partial charge in [0, 0.05) is 11.1 Å². The predicted molar refractivity (Wildman–Crippen MR) is 118 cm³/mol. The SMILES string of the molecule is CC[C@H](C(=O)Nc1nc2ccc(NC(=O)c3cscn3)cc2s1)c1ccccc1. The summed E-state index contributed by atoms with van der Waals surface area (Å²) in [6, 6.07) is 15.2. The standard InChI is InChI=1S/C21H18N4O2S2/c1-2-15(13-6-4-3-5-7-13)19(26)25-21-24-16-9-8-14(10-18(16)29-21)23-20(27)17-11-28-12-22-17/h3-12,15H,2H2,1H3,(H,23,27)(H,24,25,26)/t15-/m0/s1. The summed E-state index contributed by atoms with van der Waals surface area (Å²) < 4.78 is 0.879. The Balaban J connectivity index is 1.50. The first-order chi connectivity index (χ1) is 14.1. The van der Waals surface area contributed by atoms with Crippen LogP contribution in [0.15, 0.2) is 59.4 Å². The summed E-state index contributed by atoms with van der Waals surface area (Å²) in [5.41, 5.74) is 4.42. The average molecular weight is 423 g/mol. The van der Waals surface area contributed by atoms with Gasteiger partial charge < -0.3 is 10.6 Å². The van der Waals surface area contributed by atoms with Crippen molar-refractivity contribution in [3.05, 3.63) is 70.7 Å². The maximum atomic E-state index is 12.8. The second kappa shape index (κ2) is 8.50. The molecule has 2 aromatic heterocycles. The third-order valence-electron chi connectivity index (χ3n) is 4.47. The molecular weight excluding hydrogens is 404 g/mol. The van der Waals surface area contributed by atoms with Crippen molar-refractivity contribution in [1.82, 2.24) is 9.97 Å². The Morgan fingerprint density at radius 3 is 2.66 bits per heavy atom. The number of rotatable bonds is 6. The Hall–Kier alpha value is -3.10. The number of anilines is 2. The summed E-state index contributed by atoms with van der Waals surface area (Å²) in [4.78, 5) is 33.4. The van der Waals surface area contributed by atoms with Gasteiger partial charge in [-0.2, -0.15) is 0 Å².